The molecule has 0 spiro atoms. The summed E-state index contributed by atoms with van der Waals surface area (Å²) in [5.41, 5.74) is 2.26. The number of quaternary nitrogens is 1. The third-order valence-corrected chi connectivity index (χ3v) is 6.12. The fraction of sp³-hybridized carbons (Fsp3) is 0.400. The molecule has 2 aromatic carbocycles. The van der Waals surface area contributed by atoms with Crippen molar-refractivity contribution in [1.29, 1.82) is 0 Å². The lowest BCUT2D eigenvalue weighted by atomic mass is 10.1. The van der Waals surface area contributed by atoms with Gasteiger partial charge in [0.25, 0.3) is 0 Å². The number of hydrogen-bond donors (Lipinski definition) is 1. The molecule has 0 bridgehead atoms. The van der Waals surface area contributed by atoms with E-state index in [1.165, 1.54) is 11.2 Å². The van der Waals surface area contributed by atoms with E-state index in [-0.39, 0.29) is 0 Å². The Labute approximate surface area is 161 Å². The molecule has 1 heterocycles. The van der Waals surface area contributed by atoms with Crippen LogP contribution in [0.5, 0.6) is 11.5 Å². The average Bonchev–Trinajstić information content (AvgIpc) is 2.67. The van der Waals surface area contributed by atoms with Gasteiger partial charge in [-0.1, -0.05) is 30.3 Å². The second-order valence-electron chi connectivity index (χ2n) is 6.85. The van der Waals surface area contributed by atoms with E-state index in [2.05, 4.69) is 0 Å². The van der Waals surface area contributed by atoms with Crippen LogP contribution in [-0.4, -0.2) is 52.3 Å². The molecule has 0 unspecified atom stereocenters. The Morgan fingerprint density at radius 3 is 2.33 bits per heavy atom. The van der Waals surface area contributed by atoms with E-state index in [0.29, 0.717) is 25.4 Å². The van der Waals surface area contributed by atoms with Gasteiger partial charge in [0, 0.05) is 5.56 Å². The van der Waals surface area contributed by atoms with Crippen molar-refractivity contribution >= 4 is 10.0 Å². The summed E-state index contributed by atoms with van der Waals surface area (Å²) in [5, 5.41) is 0. The standard InChI is InChI=1S/C20H26N2O4S/c1-25-19-9-8-18(14-20(19)26-16-17-6-4-3-5-7-17)15-21-10-12-22(13-11-21)27(2,23)24/h3-9,14H,10-13,15-16H2,1-2H3/p+1. The number of piperazine rings is 1. The largest absolute Gasteiger partial charge is 0.493 e. The predicted molar refractivity (Wildman–Crippen MR) is 105 cm³/mol. The van der Waals surface area contributed by atoms with E-state index in [9.17, 15) is 8.42 Å². The summed E-state index contributed by atoms with van der Waals surface area (Å²) in [6, 6.07) is 16.0. The first-order valence-electron chi connectivity index (χ1n) is 9.08. The van der Waals surface area contributed by atoms with Crippen LogP contribution in [0.1, 0.15) is 11.1 Å². The SMILES string of the molecule is COc1ccc(C[NH+]2CCN(S(C)(=O)=O)CC2)cc1OCc1ccccc1. The van der Waals surface area contributed by atoms with Crippen LogP contribution in [0, 0.1) is 0 Å². The van der Waals surface area contributed by atoms with Gasteiger partial charge in [-0.25, -0.2) is 8.42 Å². The van der Waals surface area contributed by atoms with Crippen molar-refractivity contribution in [2.45, 2.75) is 13.2 Å². The number of nitrogens with zero attached hydrogens (tertiary/aromatic N) is 1. The second-order valence-corrected chi connectivity index (χ2v) is 8.83. The Bertz CT molecular complexity index is 848. The molecule has 27 heavy (non-hydrogen) atoms. The fourth-order valence-corrected chi connectivity index (χ4v) is 4.12. The van der Waals surface area contributed by atoms with Gasteiger partial charge in [-0.05, 0) is 23.8 Å². The monoisotopic (exact) mass is 391 g/mol. The molecule has 1 aliphatic heterocycles. The van der Waals surface area contributed by atoms with E-state index in [0.717, 1.165) is 36.5 Å². The van der Waals surface area contributed by atoms with Gasteiger partial charge in [0.1, 0.15) is 13.2 Å². The Morgan fingerprint density at radius 1 is 1.00 bits per heavy atom. The highest BCUT2D eigenvalue weighted by Crippen LogP contribution is 2.28. The first-order chi connectivity index (χ1) is 13.0. The van der Waals surface area contributed by atoms with E-state index < -0.39 is 10.0 Å². The maximum Gasteiger partial charge on any atom is 0.211 e. The van der Waals surface area contributed by atoms with Crippen LogP contribution in [-0.2, 0) is 23.2 Å². The van der Waals surface area contributed by atoms with Crippen molar-refractivity contribution in [3.63, 3.8) is 0 Å². The summed E-state index contributed by atoms with van der Waals surface area (Å²) in [6.45, 7) is 4.08. The molecule has 0 atom stereocenters. The minimum absolute atomic E-state index is 0.487. The molecule has 0 saturated carbocycles. The van der Waals surface area contributed by atoms with Gasteiger partial charge in [-0.3, -0.25) is 0 Å². The molecule has 146 valence electrons. The van der Waals surface area contributed by atoms with Crippen LogP contribution >= 0.6 is 0 Å². The normalized spacial score (nSPS) is 16.2. The summed E-state index contributed by atoms with van der Waals surface area (Å²) in [4.78, 5) is 1.37. The number of ether oxygens (including phenoxy) is 2. The quantitative estimate of drug-likeness (QED) is 0.763. The molecule has 1 saturated heterocycles. The number of rotatable bonds is 7. The number of nitrogens with one attached hydrogen (secondary N) is 1. The van der Waals surface area contributed by atoms with Gasteiger partial charge in [-0.15, -0.1) is 0 Å². The van der Waals surface area contributed by atoms with Crippen molar-refractivity contribution in [2.24, 2.45) is 0 Å². The predicted octanol–water partition coefficient (Wildman–Crippen LogP) is 0.934. The lowest BCUT2D eigenvalue weighted by Crippen LogP contribution is -3.13. The summed E-state index contributed by atoms with van der Waals surface area (Å²) < 4.78 is 36.2. The molecule has 0 aliphatic carbocycles. The van der Waals surface area contributed by atoms with Crippen LogP contribution in [0.25, 0.3) is 0 Å². The Balaban J connectivity index is 1.63. The first kappa shape index (κ1) is 19.7. The van der Waals surface area contributed by atoms with Crippen LogP contribution in [0.4, 0.5) is 0 Å². The highest BCUT2D eigenvalue weighted by molar-refractivity contribution is 7.88. The van der Waals surface area contributed by atoms with Gasteiger partial charge in [-0.2, -0.15) is 4.31 Å². The lowest BCUT2D eigenvalue weighted by molar-refractivity contribution is -0.917. The zero-order chi connectivity index (χ0) is 19.3. The zero-order valence-corrected chi connectivity index (χ0v) is 16.7. The fourth-order valence-electron chi connectivity index (χ4n) is 3.28. The Kier molecular flexibility index (Phi) is 6.36. The number of sulfonamides is 1. The second kappa shape index (κ2) is 8.73. The van der Waals surface area contributed by atoms with Crippen molar-refractivity contribution in [3.8, 4) is 11.5 Å². The van der Waals surface area contributed by atoms with Crippen LogP contribution < -0.4 is 14.4 Å². The van der Waals surface area contributed by atoms with Crippen molar-refractivity contribution < 1.29 is 22.8 Å². The molecule has 1 fully saturated rings. The molecule has 0 radical (unpaired) electrons. The van der Waals surface area contributed by atoms with Gasteiger partial charge in [0.2, 0.25) is 10.0 Å². The minimum Gasteiger partial charge on any atom is -0.493 e. The van der Waals surface area contributed by atoms with E-state index in [4.69, 9.17) is 9.47 Å². The molecule has 1 aliphatic rings. The number of methoxy groups -OCH3 is 1. The summed E-state index contributed by atoms with van der Waals surface area (Å²) in [6.07, 6.45) is 1.28. The molecular weight excluding hydrogens is 364 g/mol. The lowest BCUT2D eigenvalue weighted by Gasteiger charge is -2.30. The third-order valence-electron chi connectivity index (χ3n) is 4.82. The number of benzene rings is 2. The van der Waals surface area contributed by atoms with Gasteiger partial charge in [0.05, 0.1) is 39.5 Å². The van der Waals surface area contributed by atoms with Gasteiger partial charge >= 0.3 is 0 Å². The minimum atomic E-state index is -3.09. The highest BCUT2D eigenvalue weighted by Gasteiger charge is 2.26. The topological polar surface area (TPSA) is 60.3 Å². The smallest absolute Gasteiger partial charge is 0.211 e. The molecule has 7 heteroatoms. The van der Waals surface area contributed by atoms with Crippen molar-refractivity contribution in [3.05, 3.63) is 59.7 Å². The van der Waals surface area contributed by atoms with Crippen LogP contribution in [0.15, 0.2) is 48.5 Å². The maximum atomic E-state index is 11.6. The Morgan fingerprint density at radius 2 is 1.70 bits per heavy atom. The van der Waals surface area contributed by atoms with E-state index in [1.807, 2.05) is 48.5 Å². The molecule has 0 amide bonds. The molecule has 1 N–H and O–H groups in total. The summed E-state index contributed by atoms with van der Waals surface area (Å²) >= 11 is 0. The van der Waals surface area contributed by atoms with E-state index in [1.54, 1.807) is 11.4 Å². The summed E-state index contributed by atoms with van der Waals surface area (Å²) in [7, 11) is -1.45. The van der Waals surface area contributed by atoms with Gasteiger partial charge in [0.15, 0.2) is 11.5 Å². The van der Waals surface area contributed by atoms with Crippen molar-refractivity contribution in [1.82, 2.24) is 4.31 Å². The highest BCUT2D eigenvalue weighted by atomic mass is 32.2. The maximum absolute atomic E-state index is 11.6. The van der Waals surface area contributed by atoms with Crippen LogP contribution in [0.2, 0.25) is 0 Å². The molecule has 6 nitrogen and oxygen atoms in total. The van der Waals surface area contributed by atoms with Crippen LogP contribution in [0.3, 0.4) is 0 Å². The summed E-state index contributed by atoms with van der Waals surface area (Å²) in [5.74, 6) is 1.44. The molecule has 0 aromatic heterocycles. The molecule has 3 rings (SSSR count). The van der Waals surface area contributed by atoms with Crippen molar-refractivity contribution in [2.75, 3.05) is 39.5 Å². The number of hydrogen-bond acceptors (Lipinski definition) is 4. The Hall–Kier alpha value is -2.09. The zero-order valence-electron chi connectivity index (χ0n) is 15.8. The molecular formula is C20H27N2O4S+. The third kappa shape index (κ3) is 5.45. The average molecular weight is 392 g/mol. The first-order valence-corrected chi connectivity index (χ1v) is 10.9. The van der Waals surface area contributed by atoms with E-state index >= 15 is 0 Å². The molecule has 2 aromatic rings. The van der Waals surface area contributed by atoms with Gasteiger partial charge < -0.3 is 14.4 Å².